The minimum Gasteiger partial charge on any atom is -0.393 e. The van der Waals surface area contributed by atoms with Crippen molar-refractivity contribution in [1.82, 2.24) is 9.88 Å². The van der Waals surface area contributed by atoms with Crippen LogP contribution in [0.25, 0.3) is 10.9 Å². The van der Waals surface area contributed by atoms with Gasteiger partial charge in [-0.05, 0) is 56.9 Å². The Morgan fingerprint density at radius 2 is 2.12 bits per heavy atom. The highest BCUT2D eigenvalue weighted by Gasteiger charge is 2.30. The molecule has 0 radical (unpaired) electrons. The van der Waals surface area contributed by atoms with E-state index in [-0.39, 0.29) is 17.6 Å². The summed E-state index contributed by atoms with van der Waals surface area (Å²) in [5.41, 5.74) is 2.16. The molecule has 1 aliphatic heterocycles. The van der Waals surface area contributed by atoms with E-state index in [1.54, 1.807) is 17.9 Å². The Hall–Kier alpha value is -2.01. The van der Waals surface area contributed by atoms with E-state index in [9.17, 15) is 14.3 Å². The number of amides is 1. The molecule has 1 aromatic carbocycles. The maximum Gasteiger partial charge on any atom is 0.254 e. The highest BCUT2D eigenvalue weighted by molar-refractivity contribution is 6.06. The van der Waals surface area contributed by atoms with Crippen LogP contribution in [0.15, 0.2) is 24.3 Å². The quantitative estimate of drug-likeness (QED) is 0.929. The number of carbonyl (C=O) groups is 1. The first-order valence-corrected chi connectivity index (χ1v) is 9.10. The van der Waals surface area contributed by atoms with Crippen LogP contribution in [0.3, 0.4) is 0 Å². The number of nitrogens with zero attached hydrogens (tertiary/aromatic N) is 2. The van der Waals surface area contributed by atoms with Crippen LogP contribution < -0.4 is 0 Å². The molecule has 1 aromatic heterocycles. The molecule has 2 unspecified atom stereocenters. The lowest BCUT2D eigenvalue weighted by Crippen LogP contribution is -2.43. The average molecular weight is 342 g/mol. The van der Waals surface area contributed by atoms with E-state index >= 15 is 0 Å². The monoisotopic (exact) mass is 342 g/mol. The minimum absolute atomic E-state index is 0.0785. The van der Waals surface area contributed by atoms with Gasteiger partial charge in [-0.25, -0.2) is 4.39 Å². The first-order valence-electron chi connectivity index (χ1n) is 9.10. The van der Waals surface area contributed by atoms with Gasteiger partial charge in [0.15, 0.2) is 0 Å². The lowest BCUT2D eigenvalue weighted by molar-refractivity contribution is 0.0467. The van der Waals surface area contributed by atoms with Crippen molar-refractivity contribution < 1.29 is 14.3 Å². The largest absolute Gasteiger partial charge is 0.393 e. The average Bonchev–Trinajstić information content (AvgIpc) is 3.45. The third-order valence-corrected chi connectivity index (χ3v) is 5.44. The summed E-state index contributed by atoms with van der Waals surface area (Å²) >= 11 is 0. The van der Waals surface area contributed by atoms with Gasteiger partial charge in [0.05, 0.1) is 17.2 Å². The third kappa shape index (κ3) is 3.25. The number of hydrogen-bond acceptors (Lipinski definition) is 3. The number of benzene rings is 1. The van der Waals surface area contributed by atoms with Crippen LogP contribution >= 0.6 is 0 Å². The maximum atomic E-state index is 13.8. The van der Waals surface area contributed by atoms with E-state index in [1.807, 2.05) is 6.07 Å². The number of aliphatic hydroxyl groups is 1. The van der Waals surface area contributed by atoms with Gasteiger partial charge in [-0.1, -0.05) is 0 Å². The maximum absolute atomic E-state index is 13.8. The topological polar surface area (TPSA) is 53.4 Å². The molecule has 1 saturated heterocycles. The number of aliphatic hydroxyl groups excluding tert-OH is 1. The van der Waals surface area contributed by atoms with Gasteiger partial charge in [-0.15, -0.1) is 0 Å². The lowest BCUT2D eigenvalue weighted by Gasteiger charge is -2.34. The molecule has 2 atom stereocenters. The van der Waals surface area contributed by atoms with Crippen LogP contribution in [0, 0.1) is 11.7 Å². The van der Waals surface area contributed by atoms with Crippen molar-refractivity contribution in [2.45, 2.75) is 44.6 Å². The smallest absolute Gasteiger partial charge is 0.254 e. The van der Waals surface area contributed by atoms with Gasteiger partial charge in [-0.2, -0.15) is 0 Å². The van der Waals surface area contributed by atoms with E-state index in [0.717, 1.165) is 31.4 Å². The number of aromatic nitrogens is 1. The molecule has 132 valence electrons. The van der Waals surface area contributed by atoms with Gasteiger partial charge in [0.2, 0.25) is 0 Å². The summed E-state index contributed by atoms with van der Waals surface area (Å²) in [4.78, 5) is 19.6. The second kappa shape index (κ2) is 6.37. The highest BCUT2D eigenvalue weighted by atomic mass is 19.1. The summed E-state index contributed by atoms with van der Waals surface area (Å²) in [6, 6.07) is 6.31. The molecule has 2 aliphatic rings. The van der Waals surface area contributed by atoms with Crippen LogP contribution in [-0.2, 0) is 0 Å². The number of halogens is 1. The van der Waals surface area contributed by atoms with Crippen LogP contribution in [-0.4, -0.2) is 40.1 Å². The molecule has 0 bridgehead atoms. The Labute approximate surface area is 146 Å². The van der Waals surface area contributed by atoms with Gasteiger partial charge in [-0.3, -0.25) is 9.78 Å². The van der Waals surface area contributed by atoms with Crippen molar-refractivity contribution in [3.8, 4) is 0 Å². The molecule has 1 aliphatic carbocycles. The van der Waals surface area contributed by atoms with E-state index in [1.165, 1.54) is 12.1 Å². The number of piperidine rings is 1. The van der Waals surface area contributed by atoms with Crippen LogP contribution in [0.5, 0.6) is 0 Å². The Bertz CT molecular complexity index is 817. The summed E-state index contributed by atoms with van der Waals surface area (Å²) in [7, 11) is 0. The van der Waals surface area contributed by atoms with Gasteiger partial charge in [0, 0.05) is 36.0 Å². The van der Waals surface area contributed by atoms with Crippen molar-refractivity contribution in [2.24, 2.45) is 5.92 Å². The van der Waals surface area contributed by atoms with Crippen LogP contribution in [0.4, 0.5) is 4.39 Å². The minimum atomic E-state index is -0.427. The van der Waals surface area contributed by atoms with Crippen molar-refractivity contribution in [3.05, 3.63) is 41.3 Å². The molecule has 4 nitrogen and oxygen atoms in total. The third-order valence-electron chi connectivity index (χ3n) is 5.44. The molecular weight excluding hydrogens is 319 g/mol. The first-order chi connectivity index (χ1) is 12.0. The van der Waals surface area contributed by atoms with Crippen molar-refractivity contribution in [2.75, 3.05) is 13.1 Å². The highest BCUT2D eigenvalue weighted by Crippen LogP contribution is 2.40. The Balaban J connectivity index is 1.73. The summed E-state index contributed by atoms with van der Waals surface area (Å²) in [5, 5.41) is 10.5. The van der Waals surface area contributed by atoms with Crippen LogP contribution in [0.2, 0.25) is 0 Å². The summed E-state index contributed by atoms with van der Waals surface area (Å²) in [5.74, 6) is 0.0892. The number of pyridine rings is 1. The van der Waals surface area contributed by atoms with Crippen LogP contribution in [0.1, 0.15) is 54.6 Å². The standard InChI is InChI=1S/C20H23FN2O2/c1-12(24)14-3-2-8-23(11-14)20(25)17-10-19(13-4-5-13)22-18-7-6-15(21)9-16(17)18/h6-7,9-10,12-14,24H,2-5,8,11H2,1H3. The molecule has 4 rings (SSSR count). The van der Waals surface area contributed by atoms with Crippen molar-refractivity contribution in [3.63, 3.8) is 0 Å². The number of likely N-dealkylation sites (tertiary alicyclic amines) is 1. The molecule has 1 N–H and O–H groups in total. The lowest BCUT2D eigenvalue weighted by atomic mass is 9.92. The van der Waals surface area contributed by atoms with Gasteiger partial charge >= 0.3 is 0 Å². The zero-order valence-corrected chi connectivity index (χ0v) is 14.4. The summed E-state index contributed by atoms with van der Waals surface area (Å²) in [6.45, 7) is 3.01. The Morgan fingerprint density at radius 1 is 1.32 bits per heavy atom. The van der Waals surface area contributed by atoms with Gasteiger partial charge < -0.3 is 10.0 Å². The number of carbonyl (C=O) groups excluding carboxylic acids is 1. The fraction of sp³-hybridized carbons (Fsp3) is 0.500. The predicted molar refractivity (Wildman–Crippen MR) is 94.0 cm³/mol. The zero-order chi connectivity index (χ0) is 17.6. The van der Waals surface area contributed by atoms with E-state index in [0.29, 0.717) is 35.5 Å². The van der Waals surface area contributed by atoms with Gasteiger partial charge in [0.25, 0.3) is 5.91 Å². The Morgan fingerprint density at radius 3 is 2.84 bits per heavy atom. The molecule has 25 heavy (non-hydrogen) atoms. The fourth-order valence-electron chi connectivity index (χ4n) is 3.74. The van der Waals surface area contributed by atoms with E-state index in [2.05, 4.69) is 4.98 Å². The fourth-order valence-corrected chi connectivity index (χ4v) is 3.74. The summed E-state index contributed by atoms with van der Waals surface area (Å²) in [6.07, 6.45) is 3.58. The molecule has 1 saturated carbocycles. The molecule has 1 amide bonds. The van der Waals surface area contributed by atoms with E-state index < -0.39 is 6.10 Å². The SMILES string of the molecule is CC(O)C1CCCN(C(=O)c2cc(C3CC3)nc3ccc(F)cc23)C1. The van der Waals surface area contributed by atoms with Crippen molar-refractivity contribution >= 4 is 16.8 Å². The second-order valence-corrected chi connectivity index (χ2v) is 7.42. The normalized spacial score (nSPS) is 22.2. The van der Waals surface area contributed by atoms with E-state index in [4.69, 9.17) is 0 Å². The second-order valence-electron chi connectivity index (χ2n) is 7.42. The first kappa shape index (κ1) is 16.5. The number of hydrogen-bond donors (Lipinski definition) is 1. The van der Waals surface area contributed by atoms with Crippen molar-refractivity contribution in [1.29, 1.82) is 0 Å². The number of fused-ring (bicyclic) bond motifs is 1. The molecule has 0 spiro atoms. The molecule has 5 heteroatoms. The predicted octanol–water partition coefficient (Wildman–Crippen LogP) is 3.48. The molecule has 2 heterocycles. The Kier molecular flexibility index (Phi) is 4.20. The molecule has 2 aromatic rings. The number of rotatable bonds is 3. The molecular formula is C20H23FN2O2. The zero-order valence-electron chi connectivity index (χ0n) is 14.4. The van der Waals surface area contributed by atoms with Gasteiger partial charge in [0.1, 0.15) is 5.82 Å². The molecule has 2 fully saturated rings. The summed E-state index contributed by atoms with van der Waals surface area (Å²) < 4.78 is 13.8.